The number of urea groups is 1. The highest BCUT2D eigenvalue weighted by Crippen LogP contribution is 2.21. The molecule has 4 nitrogen and oxygen atoms in total. The standard InChI is InChI=1S/C17H35N3O/c1-4-20(5-2)17(21)18-14-10-7-11-15-19(3)16-12-8-6-9-13-16/h16H,4-15H2,1-3H3,(H,18,21). The molecule has 0 aromatic rings. The third-order valence-electron chi connectivity index (χ3n) is 4.71. The van der Waals surface area contributed by atoms with Crippen LogP contribution in [0, 0.1) is 0 Å². The molecule has 0 spiro atoms. The minimum Gasteiger partial charge on any atom is -0.338 e. The zero-order valence-electron chi connectivity index (χ0n) is 14.4. The van der Waals surface area contributed by atoms with Gasteiger partial charge in [0, 0.05) is 25.7 Å². The molecule has 0 atom stereocenters. The largest absolute Gasteiger partial charge is 0.338 e. The number of hydrogen-bond donors (Lipinski definition) is 1. The molecule has 4 heteroatoms. The summed E-state index contributed by atoms with van der Waals surface area (Å²) >= 11 is 0. The van der Waals surface area contributed by atoms with Crippen LogP contribution in [0.15, 0.2) is 0 Å². The maximum atomic E-state index is 11.8. The van der Waals surface area contributed by atoms with E-state index in [1.165, 1.54) is 51.5 Å². The van der Waals surface area contributed by atoms with Gasteiger partial charge in [0.15, 0.2) is 0 Å². The molecule has 0 aromatic heterocycles. The number of carbonyl (C=O) groups excluding carboxylic acids is 1. The molecule has 21 heavy (non-hydrogen) atoms. The van der Waals surface area contributed by atoms with E-state index >= 15 is 0 Å². The van der Waals surface area contributed by atoms with Gasteiger partial charge in [0.2, 0.25) is 0 Å². The van der Waals surface area contributed by atoms with Gasteiger partial charge in [-0.3, -0.25) is 0 Å². The average molecular weight is 297 g/mol. The molecule has 0 saturated heterocycles. The Kier molecular flexibility index (Phi) is 9.48. The third-order valence-corrected chi connectivity index (χ3v) is 4.71. The summed E-state index contributed by atoms with van der Waals surface area (Å²) in [4.78, 5) is 16.1. The van der Waals surface area contributed by atoms with Gasteiger partial charge in [0.25, 0.3) is 0 Å². The fraction of sp³-hybridized carbons (Fsp3) is 0.941. The summed E-state index contributed by atoms with van der Waals surface area (Å²) in [6.45, 7) is 7.62. The van der Waals surface area contributed by atoms with Crippen LogP contribution in [0.25, 0.3) is 0 Å². The molecule has 0 unspecified atom stereocenters. The van der Waals surface area contributed by atoms with E-state index in [1.807, 2.05) is 18.7 Å². The van der Waals surface area contributed by atoms with E-state index in [-0.39, 0.29) is 6.03 Å². The molecular weight excluding hydrogens is 262 g/mol. The normalized spacial score (nSPS) is 16.2. The molecule has 2 amide bonds. The Morgan fingerprint density at radius 1 is 1.05 bits per heavy atom. The second-order valence-corrected chi connectivity index (χ2v) is 6.24. The van der Waals surface area contributed by atoms with Crippen molar-refractivity contribution in [3.8, 4) is 0 Å². The Morgan fingerprint density at radius 3 is 2.33 bits per heavy atom. The lowest BCUT2D eigenvalue weighted by Gasteiger charge is -2.31. The number of carbonyl (C=O) groups is 1. The number of unbranched alkanes of at least 4 members (excludes halogenated alkanes) is 2. The van der Waals surface area contributed by atoms with Crippen molar-refractivity contribution in [1.29, 1.82) is 0 Å². The summed E-state index contributed by atoms with van der Waals surface area (Å²) in [5.41, 5.74) is 0. The Balaban J connectivity index is 2.00. The fourth-order valence-electron chi connectivity index (χ4n) is 3.19. The van der Waals surface area contributed by atoms with E-state index in [4.69, 9.17) is 0 Å². The van der Waals surface area contributed by atoms with Crippen molar-refractivity contribution in [3.63, 3.8) is 0 Å². The summed E-state index contributed by atoms with van der Waals surface area (Å²) in [7, 11) is 2.28. The van der Waals surface area contributed by atoms with Gasteiger partial charge in [-0.15, -0.1) is 0 Å². The monoisotopic (exact) mass is 297 g/mol. The third kappa shape index (κ3) is 7.16. The fourth-order valence-corrected chi connectivity index (χ4v) is 3.19. The number of hydrogen-bond acceptors (Lipinski definition) is 2. The van der Waals surface area contributed by atoms with Crippen LogP contribution in [0.4, 0.5) is 4.79 Å². The second kappa shape index (κ2) is 10.9. The molecule has 0 aromatic carbocycles. The zero-order chi connectivity index (χ0) is 15.5. The van der Waals surface area contributed by atoms with E-state index in [0.717, 1.165) is 32.1 Å². The molecular formula is C17H35N3O. The van der Waals surface area contributed by atoms with Gasteiger partial charge >= 0.3 is 6.03 Å². The van der Waals surface area contributed by atoms with Gasteiger partial charge in [-0.25, -0.2) is 4.79 Å². The summed E-state index contributed by atoms with van der Waals surface area (Å²) in [6, 6.07) is 0.903. The van der Waals surface area contributed by atoms with Crippen LogP contribution in [-0.2, 0) is 0 Å². The predicted octanol–water partition coefficient (Wildman–Crippen LogP) is 3.47. The lowest BCUT2D eigenvalue weighted by atomic mass is 9.94. The Morgan fingerprint density at radius 2 is 1.71 bits per heavy atom. The van der Waals surface area contributed by atoms with Crippen molar-refractivity contribution < 1.29 is 4.79 Å². The van der Waals surface area contributed by atoms with Gasteiger partial charge < -0.3 is 15.1 Å². The predicted molar refractivity (Wildman–Crippen MR) is 89.7 cm³/mol. The van der Waals surface area contributed by atoms with E-state index in [0.29, 0.717) is 0 Å². The van der Waals surface area contributed by atoms with Crippen molar-refractivity contribution in [2.24, 2.45) is 0 Å². The highest BCUT2D eigenvalue weighted by atomic mass is 16.2. The van der Waals surface area contributed by atoms with Crippen LogP contribution in [0.1, 0.15) is 65.2 Å². The average Bonchev–Trinajstić information content (AvgIpc) is 2.52. The molecule has 124 valence electrons. The van der Waals surface area contributed by atoms with Crippen LogP contribution >= 0.6 is 0 Å². The second-order valence-electron chi connectivity index (χ2n) is 6.24. The van der Waals surface area contributed by atoms with Crippen LogP contribution in [-0.4, -0.2) is 55.1 Å². The molecule has 0 aliphatic heterocycles. The van der Waals surface area contributed by atoms with Crippen LogP contribution in [0.3, 0.4) is 0 Å². The Bertz CT molecular complexity index is 273. The van der Waals surface area contributed by atoms with Crippen molar-refractivity contribution in [2.75, 3.05) is 33.2 Å². The molecule has 1 N–H and O–H groups in total. The molecule has 1 rings (SSSR count). The molecule has 1 aliphatic rings. The first kappa shape index (κ1) is 18.3. The molecule has 1 aliphatic carbocycles. The molecule has 0 radical (unpaired) electrons. The number of nitrogens with zero attached hydrogens (tertiary/aromatic N) is 2. The van der Waals surface area contributed by atoms with Crippen LogP contribution in [0.2, 0.25) is 0 Å². The van der Waals surface area contributed by atoms with E-state index in [2.05, 4.69) is 17.3 Å². The van der Waals surface area contributed by atoms with Crippen LogP contribution in [0.5, 0.6) is 0 Å². The van der Waals surface area contributed by atoms with Crippen LogP contribution < -0.4 is 5.32 Å². The topological polar surface area (TPSA) is 35.6 Å². The number of rotatable bonds is 9. The number of nitrogens with one attached hydrogen (secondary N) is 1. The lowest BCUT2D eigenvalue weighted by Crippen LogP contribution is -2.40. The van der Waals surface area contributed by atoms with E-state index in [9.17, 15) is 4.79 Å². The Labute approximate surface area is 131 Å². The minimum absolute atomic E-state index is 0.0827. The van der Waals surface area contributed by atoms with Gasteiger partial charge in [-0.2, -0.15) is 0 Å². The first-order valence-electron chi connectivity index (χ1n) is 8.92. The summed E-state index contributed by atoms with van der Waals surface area (Å²) in [5, 5.41) is 3.01. The Hall–Kier alpha value is -0.770. The van der Waals surface area contributed by atoms with Crippen molar-refractivity contribution in [3.05, 3.63) is 0 Å². The van der Waals surface area contributed by atoms with Crippen molar-refractivity contribution in [2.45, 2.75) is 71.3 Å². The smallest absolute Gasteiger partial charge is 0.317 e. The van der Waals surface area contributed by atoms with Crippen molar-refractivity contribution in [1.82, 2.24) is 15.1 Å². The number of amides is 2. The molecule has 1 saturated carbocycles. The summed E-state index contributed by atoms with van der Waals surface area (Å²) in [6.07, 6.45) is 10.6. The minimum atomic E-state index is 0.0827. The molecule has 0 heterocycles. The summed E-state index contributed by atoms with van der Waals surface area (Å²) < 4.78 is 0. The van der Waals surface area contributed by atoms with Gasteiger partial charge in [0.1, 0.15) is 0 Å². The SMILES string of the molecule is CCN(CC)C(=O)NCCCCCN(C)C1CCCCC1. The van der Waals surface area contributed by atoms with E-state index in [1.54, 1.807) is 0 Å². The first-order valence-corrected chi connectivity index (χ1v) is 8.92. The maximum Gasteiger partial charge on any atom is 0.317 e. The highest BCUT2D eigenvalue weighted by Gasteiger charge is 2.17. The van der Waals surface area contributed by atoms with Gasteiger partial charge in [-0.1, -0.05) is 25.7 Å². The van der Waals surface area contributed by atoms with Gasteiger partial charge in [-0.05, 0) is 53.1 Å². The highest BCUT2D eigenvalue weighted by molar-refractivity contribution is 5.73. The molecule has 1 fully saturated rings. The quantitative estimate of drug-likeness (QED) is 0.661. The van der Waals surface area contributed by atoms with Gasteiger partial charge in [0.05, 0.1) is 0 Å². The summed E-state index contributed by atoms with van der Waals surface area (Å²) in [5.74, 6) is 0. The first-order chi connectivity index (χ1) is 10.2. The van der Waals surface area contributed by atoms with Crippen molar-refractivity contribution >= 4 is 6.03 Å². The maximum absolute atomic E-state index is 11.8. The lowest BCUT2D eigenvalue weighted by molar-refractivity contribution is 0.188. The van der Waals surface area contributed by atoms with E-state index < -0.39 is 0 Å². The zero-order valence-corrected chi connectivity index (χ0v) is 14.4. The molecule has 0 bridgehead atoms.